The van der Waals surface area contributed by atoms with E-state index < -0.39 is 0 Å². The van der Waals surface area contributed by atoms with Gasteiger partial charge in [0.05, 0.1) is 25.3 Å². The fraction of sp³-hybridized carbons (Fsp3) is 0.500. The number of nitrogens with zero attached hydrogens (tertiary/aromatic N) is 3. The smallest absolute Gasteiger partial charge is 0.268 e. The zero-order valence-corrected chi connectivity index (χ0v) is 13.4. The van der Waals surface area contributed by atoms with Crippen LogP contribution < -0.4 is 5.56 Å². The Labute approximate surface area is 131 Å². The second kappa shape index (κ2) is 6.15. The summed E-state index contributed by atoms with van der Waals surface area (Å²) in [6.45, 7) is 2.05. The molecule has 1 aliphatic rings. The molecule has 0 unspecified atom stereocenters. The fourth-order valence-electron chi connectivity index (χ4n) is 2.50. The van der Waals surface area contributed by atoms with Gasteiger partial charge >= 0.3 is 0 Å². The van der Waals surface area contributed by atoms with Gasteiger partial charge in [-0.05, 0) is 18.5 Å². The van der Waals surface area contributed by atoms with Crippen molar-refractivity contribution in [2.24, 2.45) is 0 Å². The highest BCUT2D eigenvalue weighted by Gasteiger charge is 2.29. The van der Waals surface area contributed by atoms with Crippen LogP contribution in [0.1, 0.15) is 5.82 Å². The summed E-state index contributed by atoms with van der Waals surface area (Å²) in [5.41, 5.74) is 0.511. The Morgan fingerprint density at radius 2 is 2.45 bits per heavy atom. The van der Waals surface area contributed by atoms with E-state index in [0.29, 0.717) is 29.3 Å². The average Bonchev–Trinajstić information content (AvgIpc) is 2.96. The molecule has 0 aromatic carbocycles. The SMILES string of the molecule is CN(Cc1nc2ccsc2c(=O)[nH]1)C(=O)[C@@H]1COCCN1C. The van der Waals surface area contributed by atoms with Crippen molar-refractivity contribution in [1.29, 1.82) is 0 Å². The number of rotatable bonds is 3. The minimum Gasteiger partial charge on any atom is -0.378 e. The minimum atomic E-state index is -0.282. The molecule has 118 valence electrons. The molecule has 8 heteroatoms. The van der Waals surface area contributed by atoms with Gasteiger partial charge in [0.15, 0.2) is 0 Å². The maximum atomic E-state index is 12.5. The van der Waals surface area contributed by atoms with Crippen LogP contribution in [0, 0.1) is 0 Å². The van der Waals surface area contributed by atoms with Gasteiger partial charge in [0.25, 0.3) is 5.56 Å². The van der Waals surface area contributed by atoms with Crippen LogP contribution >= 0.6 is 11.3 Å². The number of likely N-dealkylation sites (N-methyl/N-ethyl adjacent to an activating group) is 2. The van der Waals surface area contributed by atoms with Crippen LogP contribution in [-0.2, 0) is 16.1 Å². The first-order valence-electron chi connectivity index (χ1n) is 7.05. The van der Waals surface area contributed by atoms with E-state index in [1.54, 1.807) is 11.9 Å². The van der Waals surface area contributed by atoms with Gasteiger partial charge in [-0.3, -0.25) is 14.5 Å². The molecule has 22 heavy (non-hydrogen) atoms. The highest BCUT2D eigenvalue weighted by Crippen LogP contribution is 2.14. The summed E-state index contributed by atoms with van der Waals surface area (Å²) in [7, 11) is 3.62. The van der Waals surface area contributed by atoms with E-state index in [1.807, 2.05) is 23.4 Å². The average molecular weight is 322 g/mol. The third-order valence-electron chi connectivity index (χ3n) is 3.81. The Bertz CT molecular complexity index is 741. The Morgan fingerprint density at radius 1 is 1.64 bits per heavy atom. The molecule has 1 atom stereocenters. The normalized spacial score (nSPS) is 19.5. The van der Waals surface area contributed by atoms with Crippen molar-refractivity contribution in [3.8, 4) is 0 Å². The van der Waals surface area contributed by atoms with Crippen molar-refractivity contribution >= 4 is 27.5 Å². The predicted octanol–water partition coefficient (Wildman–Crippen LogP) is 0.274. The standard InChI is InChI=1S/C14H18N4O3S/c1-17-4-5-21-8-10(17)14(20)18(2)7-11-15-9-3-6-22-12(9)13(19)16-11/h3,6,10H,4-5,7-8H2,1-2H3,(H,15,16,19)/t10-/m0/s1. The summed E-state index contributed by atoms with van der Waals surface area (Å²) in [5.74, 6) is 0.460. The summed E-state index contributed by atoms with van der Waals surface area (Å²) in [6, 6.07) is 1.53. The topological polar surface area (TPSA) is 78.5 Å². The highest BCUT2D eigenvalue weighted by atomic mass is 32.1. The predicted molar refractivity (Wildman–Crippen MR) is 84.0 cm³/mol. The van der Waals surface area contributed by atoms with Gasteiger partial charge in [0.2, 0.25) is 5.91 Å². The number of hydrogen-bond acceptors (Lipinski definition) is 6. The number of fused-ring (bicyclic) bond motifs is 1. The molecular formula is C14H18N4O3S. The van der Waals surface area contributed by atoms with Crippen LogP contribution in [0.2, 0.25) is 0 Å². The Kier molecular flexibility index (Phi) is 4.23. The molecular weight excluding hydrogens is 304 g/mol. The van der Waals surface area contributed by atoms with Crippen LogP contribution in [0.3, 0.4) is 0 Å². The van der Waals surface area contributed by atoms with Crippen molar-refractivity contribution in [3.63, 3.8) is 0 Å². The fourth-order valence-corrected chi connectivity index (χ4v) is 3.23. The van der Waals surface area contributed by atoms with Gasteiger partial charge in [-0.25, -0.2) is 4.98 Å². The first kappa shape index (κ1) is 15.1. The zero-order valence-electron chi connectivity index (χ0n) is 12.5. The lowest BCUT2D eigenvalue weighted by Gasteiger charge is -2.33. The zero-order chi connectivity index (χ0) is 15.7. The minimum absolute atomic E-state index is 0.0322. The number of H-pyrrole nitrogens is 1. The maximum absolute atomic E-state index is 12.5. The van der Waals surface area contributed by atoms with Gasteiger partial charge < -0.3 is 14.6 Å². The van der Waals surface area contributed by atoms with Crippen LogP contribution in [0.5, 0.6) is 0 Å². The van der Waals surface area contributed by atoms with Crippen molar-refractivity contribution in [1.82, 2.24) is 19.8 Å². The molecule has 2 aromatic rings. The largest absolute Gasteiger partial charge is 0.378 e. The Balaban J connectivity index is 1.75. The van der Waals surface area contributed by atoms with E-state index in [9.17, 15) is 9.59 Å². The van der Waals surface area contributed by atoms with E-state index in [1.165, 1.54) is 11.3 Å². The molecule has 0 radical (unpaired) electrons. The van der Waals surface area contributed by atoms with Gasteiger partial charge in [0.1, 0.15) is 16.6 Å². The van der Waals surface area contributed by atoms with E-state index in [-0.39, 0.29) is 24.1 Å². The summed E-state index contributed by atoms with van der Waals surface area (Å²) >= 11 is 1.36. The number of carbonyl (C=O) groups is 1. The molecule has 1 saturated heterocycles. The second-order valence-electron chi connectivity index (χ2n) is 5.41. The molecule has 3 heterocycles. The molecule has 0 bridgehead atoms. The number of hydrogen-bond donors (Lipinski definition) is 1. The van der Waals surface area contributed by atoms with Crippen LogP contribution in [-0.4, -0.2) is 65.6 Å². The lowest BCUT2D eigenvalue weighted by molar-refractivity contribution is -0.141. The molecule has 0 spiro atoms. The van der Waals surface area contributed by atoms with Crippen LogP contribution in [0.15, 0.2) is 16.2 Å². The number of morpholine rings is 1. The number of carbonyl (C=O) groups excluding carboxylic acids is 1. The molecule has 2 aromatic heterocycles. The molecule has 1 amide bonds. The van der Waals surface area contributed by atoms with Gasteiger partial charge in [-0.2, -0.15) is 0 Å². The number of aromatic amines is 1. The maximum Gasteiger partial charge on any atom is 0.268 e. The van der Waals surface area contributed by atoms with Crippen molar-refractivity contribution in [2.75, 3.05) is 33.9 Å². The van der Waals surface area contributed by atoms with E-state index in [2.05, 4.69) is 9.97 Å². The Hall–Kier alpha value is -1.77. The number of nitrogens with one attached hydrogen (secondary N) is 1. The molecule has 1 aliphatic heterocycles. The summed E-state index contributed by atoms with van der Waals surface area (Å²) < 4.78 is 5.99. The molecule has 0 aliphatic carbocycles. The number of thiophene rings is 1. The number of aromatic nitrogens is 2. The molecule has 1 N–H and O–H groups in total. The van der Waals surface area contributed by atoms with E-state index in [0.717, 1.165) is 6.54 Å². The summed E-state index contributed by atoms with van der Waals surface area (Å²) in [6.07, 6.45) is 0. The quantitative estimate of drug-likeness (QED) is 0.878. The first-order valence-corrected chi connectivity index (χ1v) is 7.93. The summed E-state index contributed by atoms with van der Waals surface area (Å²) in [4.78, 5) is 35.1. The number of ether oxygens (including phenoxy) is 1. The van der Waals surface area contributed by atoms with Crippen LogP contribution in [0.4, 0.5) is 0 Å². The Morgan fingerprint density at radius 3 is 3.23 bits per heavy atom. The van der Waals surface area contributed by atoms with Gasteiger partial charge in [0, 0.05) is 13.6 Å². The third kappa shape index (κ3) is 2.90. The van der Waals surface area contributed by atoms with E-state index in [4.69, 9.17) is 4.74 Å². The monoisotopic (exact) mass is 322 g/mol. The third-order valence-corrected chi connectivity index (χ3v) is 4.71. The van der Waals surface area contributed by atoms with Gasteiger partial charge in [-0.15, -0.1) is 11.3 Å². The lowest BCUT2D eigenvalue weighted by atomic mass is 10.2. The van der Waals surface area contributed by atoms with E-state index >= 15 is 0 Å². The lowest BCUT2D eigenvalue weighted by Crippen LogP contribution is -2.52. The first-order chi connectivity index (χ1) is 10.6. The second-order valence-corrected chi connectivity index (χ2v) is 6.33. The molecule has 0 saturated carbocycles. The summed E-state index contributed by atoms with van der Waals surface area (Å²) in [5, 5.41) is 1.83. The highest BCUT2D eigenvalue weighted by molar-refractivity contribution is 7.17. The van der Waals surface area contributed by atoms with Gasteiger partial charge in [-0.1, -0.05) is 0 Å². The van der Waals surface area contributed by atoms with Crippen molar-refractivity contribution in [3.05, 3.63) is 27.6 Å². The molecule has 3 rings (SSSR count). The van der Waals surface area contributed by atoms with Crippen molar-refractivity contribution < 1.29 is 9.53 Å². The van der Waals surface area contributed by atoms with Crippen LogP contribution in [0.25, 0.3) is 10.2 Å². The van der Waals surface area contributed by atoms with Crippen molar-refractivity contribution in [2.45, 2.75) is 12.6 Å². The number of amides is 1. The molecule has 7 nitrogen and oxygen atoms in total. The molecule has 1 fully saturated rings.